The summed E-state index contributed by atoms with van der Waals surface area (Å²) in [5, 5.41) is 11.0. The first-order chi connectivity index (χ1) is 12.6. The predicted octanol–water partition coefficient (Wildman–Crippen LogP) is 1.63. The van der Waals surface area contributed by atoms with Crippen LogP contribution in [0, 0.1) is 17.8 Å². The highest BCUT2D eigenvalue weighted by Gasteiger charge is 2.50. The molecule has 26 heavy (non-hydrogen) atoms. The Labute approximate surface area is 153 Å². The van der Waals surface area contributed by atoms with Crippen LogP contribution in [0.1, 0.15) is 44.0 Å². The molecular formula is C18H28N4O4. The highest BCUT2D eigenvalue weighted by Crippen LogP contribution is 2.52. The van der Waals surface area contributed by atoms with Crippen molar-refractivity contribution in [2.24, 2.45) is 24.8 Å². The van der Waals surface area contributed by atoms with E-state index < -0.39 is 6.09 Å². The minimum Gasteiger partial charge on any atom is -0.466 e. The normalized spacial score (nSPS) is 23.8. The molecule has 1 aromatic rings. The zero-order valence-corrected chi connectivity index (χ0v) is 15.6. The van der Waals surface area contributed by atoms with Crippen LogP contribution in [0.3, 0.4) is 0 Å². The zero-order chi connectivity index (χ0) is 18.5. The molecule has 1 fully saturated rings. The van der Waals surface area contributed by atoms with Gasteiger partial charge in [0, 0.05) is 13.6 Å². The molecule has 1 saturated carbocycles. The van der Waals surface area contributed by atoms with Crippen LogP contribution in [0.15, 0.2) is 0 Å². The van der Waals surface area contributed by atoms with E-state index in [1.165, 1.54) is 5.69 Å². The van der Waals surface area contributed by atoms with Crippen molar-refractivity contribution in [3.63, 3.8) is 0 Å². The van der Waals surface area contributed by atoms with Crippen molar-refractivity contribution in [1.82, 2.24) is 20.3 Å². The van der Waals surface area contributed by atoms with Gasteiger partial charge >= 0.3 is 12.1 Å². The molecule has 0 saturated heterocycles. The predicted molar refractivity (Wildman–Crippen MR) is 93.3 cm³/mol. The molecule has 1 amide bonds. The first kappa shape index (κ1) is 18.7. The van der Waals surface area contributed by atoms with Gasteiger partial charge in [0.1, 0.15) is 0 Å². The molecular weight excluding hydrogens is 336 g/mol. The Morgan fingerprint density at radius 2 is 2.00 bits per heavy atom. The average molecular weight is 364 g/mol. The molecule has 0 bridgehead atoms. The van der Waals surface area contributed by atoms with Gasteiger partial charge in [-0.1, -0.05) is 12.1 Å². The molecule has 8 nitrogen and oxygen atoms in total. The summed E-state index contributed by atoms with van der Waals surface area (Å²) in [7, 11) is 1.95. The summed E-state index contributed by atoms with van der Waals surface area (Å²) in [4.78, 5) is 23.2. The second-order valence-electron chi connectivity index (χ2n) is 7.17. The fraction of sp³-hybridized carbons (Fsp3) is 0.778. The van der Waals surface area contributed by atoms with Gasteiger partial charge in [-0.05, 0) is 49.9 Å². The molecule has 0 aliphatic heterocycles. The summed E-state index contributed by atoms with van der Waals surface area (Å²) >= 11 is 0. The van der Waals surface area contributed by atoms with Crippen molar-refractivity contribution in [2.75, 3.05) is 19.8 Å². The Hall–Kier alpha value is -2.12. The number of amides is 1. The Balaban J connectivity index is 1.34. The number of hydrogen-bond donors (Lipinski definition) is 1. The van der Waals surface area contributed by atoms with E-state index in [0.717, 1.165) is 37.8 Å². The number of rotatable bonds is 7. The third-order valence-electron chi connectivity index (χ3n) is 5.43. The monoisotopic (exact) mass is 364 g/mol. The Morgan fingerprint density at radius 1 is 1.23 bits per heavy atom. The number of alkyl carbamates (subject to hydrolysis) is 1. The number of nitrogens with one attached hydrogen (secondary N) is 1. The molecule has 1 N–H and O–H groups in total. The lowest BCUT2D eigenvalue weighted by molar-refractivity contribution is -0.143. The minimum atomic E-state index is -0.457. The number of hydrogen-bond acceptors (Lipinski definition) is 6. The Kier molecular flexibility index (Phi) is 6.11. The largest absolute Gasteiger partial charge is 0.466 e. The van der Waals surface area contributed by atoms with Gasteiger partial charge in [0.05, 0.1) is 31.0 Å². The van der Waals surface area contributed by atoms with Crippen molar-refractivity contribution < 1.29 is 19.1 Å². The van der Waals surface area contributed by atoms with Crippen LogP contribution in [-0.4, -0.2) is 46.8 Å². The molecule has 0 spiro atoms. The SMILES string of the molecule is CCCOC(=O)CCNC(=O)OCC1C2CCc3nnn(C)c3CCC21. The van der Waals surface area contributed by atoms with Gasteiger partial charge in [0.15, 0.2) is 0 Å². The minimum absolute atomic E-state index is 0.170. The number of aromatic nitrogens is 3. The van der Waals surface area contributed by atoms with E-state index in [-0.39, 0.29) is 18.9 Å². The summed E-state index contributed by atoms with van der Waals surface area (Å²) < 4.78 is 12.2. The smallest absolute Gasteiger partial charge is 0.407 e. The third-order valence-corrected chi connectivity index (χ3v) is 5.43. The fourth-order valence-corrected chi connectivity index (χ4v) is 3.93. The van der Waals surface area contributed by atoms with Crippen molar-refractivity contribution in [1.29, 1.82) is 0 Å². The van der Waals surface area contributed by atoms with Crippen molar-refractivity contribution in [3.05, 3.63) is 11.4 Å². The maximum absolute atomic E-state index is 11.8. The van der Waals surface area contributed by atoms with Gasteiger partial charge in [-0.25, -0.2) is 4.79 Å². The summed E-state index contributed by atoms with van der Waals surface area (Å²) in [6.45, 7) is 3.05. The molecule has 3 rings (SSSR count). The van der Waals surface area contributed by atoms with E-state index >= 15 is 0 Å². The molecule has 3 unspecified atom stereocenters. The first-order valence-corrected chi connectivity index (χ1v) is 9.53. The van der Waals surface area contributed by atoms with Gasteiger partial charge in [-0.3, -0.25) is 9.48 Å². The molecule has 2 aliphatic carbocycles. The highest BCUT2D eigenvalue weighted by molar-refractivity contribution is 5.71. The number of ether oxygens (including phenoxy) is 2. The van der Waals surface area contributed by atoms with Gasteiger partial charge in [-0.2, -0.15) is 0 Å². The molecule has 8 heteroatoms. The van der Waals surface area contributed by atoms with Crippen molar-refractivity contribution >= 4 is 12.1 Å². The average Bonchev–Trinajstić information content (AvgIpc) is 3.14. The molecule has 1 heterocycles. The van der Waals surface area contributed by atoms with Crippen LogP contribution in [0.2, 0.25) is 0 Å². The topological polar surface area (TPSA) is 95.3 Å². The van der Waals surface area contributed by atoms with E-state index in [4.69, 9.17) is 9.47 Å². The van der Waals surface area contributed by atoms with Crippen molar-refractivity contribution in [3.8, 4) is 0 Å². The molecule has 1 aromatic heterocycles. The van der Waals surface area contributed by atoms with Gasteiger partial charge in [-0.15, -0.1) is 5.10 Å². The lowest BCUT2D eigenvalue weighted by atomic mass is 10.0. The summed E-state index contributed by atoms with van der Waals surface area (Å²) in [6, 6.07) is 0. The maximum atomic E-state index is 11.8. The maximum Gasteiger partial charge on any atom is 0.407 e. The molecule has 3 atom stereocenters. The van der Waals surface area contributed by atoms with E-state index in [9.17, 15) is 9.59 Å². The van der Waals surface area contributed by atoms with Crippen LogP contribution in [0.25, 0.3) is 0 Å². The van der Waals surface area contributed by atoms with Crippen LogP contribution >= 0.6 is 0 Å². The standard InChI is InChI=1S/C18H28N4O4/c1-3-10-25-17(23)8-9-19-18(24)26-11-14-12-4-6-15-16(7-5-13(12)14)22(2)21-20-15/h12-14H,3-11H2,1-2H3,(H,19,24). The zero-order valence-electron chi connectivity index (χ0n) is 15.6. The fourth-order valence-electron chi connectivity index (χ4n) is 3.93. The van der Waals surface area contributed by atoms with Gasteiger partial charge < -0.3 is 14.8 Å². The second-order valence-corrected chi connectivity index (χ2v) is 7.17. The number of carbonyl (C=O) groups excluding carboxylic acids is 2. The lowest BCUT2D eigenvalue weighted by Gasteiger charge is -2.07. The van der Waals surface area contributed by atoms with E-state index in [1.54, 1.807) is 0 Å². The molecule has 144 valence electrons. The highest BCUT2D eigenvalue weighted by atomic mass is 16.5. The number of carbonyl (C=O) groups is 2. The lowest BCUT2D eigenvalue weighted by Crippen LogP contribution is -2.28. The number of aryl methyl sites for hydroxylation is 2. The quantitative estimate of drug-likeness (QED) is 0.739. The number of nitrogens with zero attached hydrogens (tertiary/aromatic N) is 3. The number of fused-ring (bicyclic) bond motifs is 2. The summed E-state index contributed by atoms with van der Waals surface area (Å²) in [6.07, 6.45) is 4.62. The van der Waals surface area contributed by atoms with Crippen LogP contribution < -0.4 is 5.32 Å². The summed E-state index contributed by atoms with van der Waals surface area (Å²) in [5.74, 6) is 1.38. The van der Waals surface area contributed by atoms with Crippen LogP contribution in [0.5, 0.6) is 0 Å². The number of esters is 1. The molecule has 2 aliphatic rings. The van der Waals surface area contributed by atoms with E-state index in [2.05, 4.69) is 15.6 Å². The van der Waals surface area contributed by atoms with Crippen molar-refractivity contribution in [2.45, 2.75) is 45.4 Å². The summed E-state index contributed by atoms with van der Waals surface area (Å²) in [5.41, 5.74) is 2.35. The van der Waals surface area contributed by atoms with Crippen LogP contribution in [-0.2, 0) is 34.2 Å². The van der Waals surface area contributed by atoms with Gasteiger partial charge in [0.25, 0.3) is 0 Å². The Bertz CT molecular complexity index is 645. The van der Waals surface area contributed by atoms with E-state index in [1.807, 2.05) is 18.7 Å². The Morgan fingerprint density at radius 3 is 2.77 bits per heavy atom. The first-order valence-electron chi connectivity index (χ1n) is 9.53. The third kappa shape index (κ3) is 4.53. The van der Waals surface area contributed by atoms with E-state index in [0.29, 0.717) is 31.0 Å². The molecule has 0 aromatic carbocycles. The van der Waals surface area contributed by atoms with Gasteiger partial charge in [0.2, 0.25) is 0 Å². The van der Waals surface area contributed by atoms with Crippen LogP contribution in [0.4, 0.5) is 4.79 Å². The second kappa shape index (κ2) is 8.51. The molecule has 0 radical (unpaired) electrons.